The lowest BCUT2D eigenvalue weighted by Gasteiger charge is -2.14. The smallest absolute Gasteiger partial charge is 0.251 e. The highest BCUT2D eigenvalue weighted by Gasteiger charge is 2.11. The van der Waals surface area contributed by atoms with Crippen LogP contribution in [0, 0.1) is 12.8 Å². The maximum absolute atomic E-state index is 12.4. The van der Waals surface area contributed by atoms with Crippen molar-refractivity contribution < 1.29 is 9.53 Å². The molecule has 0 aliphatic rings. The van der Waals surface area contributed by atoms with Crippen molar-refractivity contribution in [2.75, 3.05) is 12.3 Å². The maximum atomic E-state index is 12.4. The Labute approximate surface area is 137 Å². The monoisotopic (exact) mass is 312 g/mol. The number of amides is 1. The average molecular weight is 312 g/mol. The summed E-state index contributed by atoms with van der Waals surface area (Å²) in [7, 11) is 0. The molecule has 0 aliphatic carbocycles. The number of para-hydroxylation sites is 1. The Hall–Kier alpha value is -2.49. The van der Waals surface area contributed by atoms with Crippen LogP contribution in [-0.2, 0) is 6.54 Å². The molecule has 0 unspecified atom stereocenters. The van der Waals surface area contributed by atoms with E-state index in [1.54, 1.807) is 12.1 Å². The highest BCUT2D eigenvalue weighted by atomic mass is 16.5. The quantitative estimate of drug-likeness (QED) is 0.802. The number of nitrogen functional groups attached to an aromatic ring is 1. The molecule has 4 nitrogen and oxygen atoms in total. The number of aryl methyl sites for hydroxylation is 1. The fourth-order valence-corrected chi connectivity index (χ4v) is 2.20. The van der Waals surface area contributed by atoms with Gasteiger partial charge in [-0.1, -0.05) is 38.1 Å². The predicted molar refractivity (Wildman–Crippen MR) is 93.5 cm³/mol. The third kappa shape index (κ3) is 4.74. The van der Waals surface area contributed by atoms with Crippen LogP contribution >= 0.6 is 0 Å². The molecule has 1 amide bonds. The number of anilines is 1. The van der Waals surface area contributed by atoms with E-state index in [0.717, 1.165) is 16.9 Å². The molecule has 2 rings (SSSR count). The number of carbonyl (C=O) groups is 1. The molecule has 0 atom stereocenters. The standard InChI is InChI=1S/C19H24N2O2/c1-13(2)12-23-18-7-5-4-6-15(18)11-21-19(22)17-10-16(20)9-8-14(17)3/h4-10,13H,11-12,20H2,1-3H3,(H,21,22). The topological polar surface area (TPSA) is 64.4 Å². The van der Waals surface area contributed by atoms with Gasteiger partial charge in [0, 0.05) is 23.4 Å². The maximum Gasteiger partial charge on any atom is 0.251 e. The van der Waals surface area contributed by atoms with E-state index in [9.17, 15) is 4.79 Å². The van der Waals surface area contributed by atoms with Gasteiger partial charge in [0.1, 0.15) is 5.75 Å². The van der Waals surface area contributed by atoms with Crippen LogP contribution in [0.2, 0.25) is 0 Å². The van der Waals surface area contributed by atoms with Gasteiger partial charge in [0.25, 0.3) is 5.91 Å². The minimum atomic E-state index is -0.131. The van der Waals surface area contributed by atoms with Gasteiger partial charge in [-0.15, -0.1) is 0 Å². The number of ether oxygens (including phenoxy) is 1. The van der Waals surface area contributed by atoms with Crippen LogP contribution in [0.5, 0.6) is 5.75 Å². The lowest BCUT2D eigenvalue weighted by atomic mass is 10.1. The van der Waals surface area contributed by atoms with E-state index in [0.29, 0.717) is 30.3 Å². The summed E-state index contributed by atoms with van der Waals surface area (Å²) in [5.74, 6) is 1.13. The van der Waals surface area contributed by atoms with Gasteiger partial charge in [-0.2, -0.15) is 0 Å². The zero-order valence-electron chi connectivity index (χ0n) is 13.9. The Bertz CT molecular complexity index is 681. The van der Waals surface area contributed by atoms with Crippen molar-refractivity contribution >= 4 is 11.6 Å². The number of benzene rings is 2. The number of nitrogens with one attached hydrogen (secondary N) is 1. The molecule has 23 heavy (non-hydrogen) atoms. The summed E-state index contributed by atoms with van der Waals surface area (Å²) in [6.45, 7) is 7.18. The molecule has 0 spiro atoms. The van der Waals surface area contributed by atoms with Gasteiger partial charge < -0.3 is 15.8 Å². The minimum Gasteiger partial charge on any atom is -0.493 e. The molecule has 3 N–H and O–H groups in total. The van der Waals surface area contributed by atoms with Crippen LogP contribution in [0.4, 0.5) is 5.69 Å². The largest absolute Gasteiger partial charge is 0.493 e. The van der Waals surface area contributed by atoms with Gasteiger partial charge in [-0.05, 0) is 36.6 Å². The first kappa shape index (κ1) is 16.9. The first-order chi connectivity index (χ1) is 11.0. The molecule has 0 saturated carbocycles. The molecule has 0 heterocycles. The molecule has 0 saturated heterocycles. The fourth-order valence-electron chi connectivity index (χ4n) is 2.20. The average Bonchev–Trinajstić information content (AvgIpc) is 2.53. The molecule has 0 bridgehead atoms. The van der Waals surface area contributed by atoms with Crippen LogP contribution in [0.25, 0.3) is 0 Å². The Balaban J connectivity index is 2.06. The van der Waals surface area contributed by atoms with E-state index in [4.69, 9.17) is 10.5 Å². The van der Waals surface area contributed by atoms with Gasteiger partial charge >= 0.3 is 0 Å². The van der Waals surface area contributed by atoms with Gasteiger partial charge in [0.15, 0.2) is 0 Å². The second kappa shape index (κ2) is 7.68. The molecule has 0 fully saturated rings. The summed E-state index contributed by atoms with van der Waals surface area (Å²) in [5.41, 5.74) is 8.82. The van der Waals surface area contributed by atoms with Crippen molar-refractivity contribution in [3.8, 4) is 5.75 Å². The van der Waals surface area contributed by atoms with E-state index in [1.165, 1.54) is 0 Å². The van der Waals surface area contributed by atoms with E-state index in [1.807, 2.05) is 37.3 Å². The van der Waals surface area contributed by atoms with Crippen LogP contribution in [0.1, 0.15) is 35.3 Å². The van der Waals surface area contributed by atoms with Crippen molar-refractivity contribution in [2.45, 2.75) is 27.3 Å². The Morgan fingerprint density at radius 2 is 1.96 bits per heavy atom. The molecule has 2 aromatic rings. The van der Waals surface area contributed by atoms with Crippen LogP contribution < -0.4 is 15.8 Å². The molecule has 2 aromatic carbocycles. The number of nitrogens with two attached hydrogens (primary N) is 1. The van der Waals surface area contributed by atoms with Crippen molar-refractivity contribution in [1.82, 2.24) is 5.32 Å². The number of carbonyl (C=O) groups excluding carboxylic acids is 1. The predicted octanol–water partition coefficient (Wildman–Crippen LogP) is 3.54. The number of rotatable bonds is 6. The van der Waals surface area contributed by atoms with Crippen molar-refractivity contribution in [2.24, 2.45) is 5.92 Å². The summed E-state index contributed by atoms with van der Waals surface area (Å²) in [6, 6.07) is 13.1. The van der Waals surface area contributed by atoms with Gasteiger partial charge in [-0.3, -0.25) is 4.79 Å². The van der Waals surface area contributed by atoms with Gasteiger partial charge in [-0.25, -0.2) is 0 Å². The van der Waals surface area contributed by atoms with Crippen molar-refractivity contribution in [1.29, 1.82) is 0 Å². The molecular formula is C19H24N2O2. The summed E-state index contributed by atoms with van der Waals surface area (Å²) < 4.78 is 5.81. The second-order valence-electron chi connectivity index (χ2n) is 6.07. The zero-order valence-corrected chi connectivity index (χ0v) is 13.9. The normalized spacial score (nSPS) is 10.6. The Morgan fingerprint density at radius 1 is 1.22 bits per heavy atom. The van der Waals surface area contributed by atoms with E-state index < -0.39 is 0 Å². The summed E-state index contributed by atoms with van der Waals surface area (Å²) in [6.07, 6.45) is 0. The third-order valence-corrected chi connectivity index (χ3v) is 3.49. The number of hydrogen-bond acceptors (Lipinski definition) is 3. The van der Waals surface area contributed by atoms with Crippen LogP contribution in [0.15, 0.2) is 42.5 Å². The summed E-state index contributed by atoms with van der Waals surface area (Å²) >= 11 is 0. The first-order valence-corrected chi connectivity index (χ1v) is 7.82. The molecule has 4 heteroatoms. The molecule has 122 valence electrons. The van der Waals surface area contributed by atoms with Gasteiger partial charge in [0.2, 0.25) is 0 Å². The lowest BCUT2D eigenvalue weighted by Crippen LogP contribution is -2.24. The van der Waals surface area contributed by atoms with Gasteiger partial charge in [0.05, 0.1) is 6.61 Å². The Kier molecular flexibility index (Phi) is 5.63. The van der Waals surface area contributed by atoms with Crippen LogP contribution in [-0.4, -0.2) is 12.5 Å². The molecule has 0 aromatic heterocycles. The zero-order chi connectivity index (χ0) is 16.8. The molecular weight excluding hydrogens is 288 g/mol. The van der Waals surface area contributed by atoms with Crippen LogP contribution in [0.3, 0.4) is 0 Å². The second-order valence-corrected chi connectivity index (χ2v) is 6.07. The third-order valence-electron chi connectivity index (χ3n) is 3.49. The van der Waals surface area contributed by atoms with E-state index in [-0.39, 0.29) is 5.91 Å². The highest BCUT2D eigenvalue weighted by Crippen LogP contribution is 2.19. The summed E-state index contributed by atoms with van der Waals surface area (Å²) in [5, 5.41) is 2.94. The lowest BCUT2D eigenvalue weighted by molar-refractivity contribution is 0.0950. The Morgan fingerprint density at radius 3 is 2.70 bits per heavy atom. The SMILES string of the molecule is Cc1ccc(N)cc1C(=O)NCc1ccccc1OCC(C)C. The molecule has 0 aliphatic heterocycles. The van der Waals surface area contributed by atoms with Crippen molar-refractivity contribution in [3.63, 3.8) is 0 Å². The molecule has 0 radical (unpaired) electrons. The highest BCUT2D eigenvalue weighted by molar-refractivity contribution is 5.96. The minimum absolute atomic E-state index is 0.131. The first-order valence-electron chi connectivity index (χ1n) is 7.82. The fraction of sp³-hybridized carbons (Fsp3) is 0.316. The van der Waals surface area contributed by atoms with E-state index in [2.05, 4.69) is 19.2 Å². The van der Waals surface area contributed by atoms with Crippen molar-refractivity contribution in [3.05, 3.63) is 59.2 Å². The summed E-state index contributed by atoms with van der Waals surface area (Å²) in [4.78, 5) is 12.4. The number of hydrogen-bond donors (Lipinski definition) is 2. The van der Waals surface area contributed by atoms with E-state index >= 15 is 0 Å².